The molecule has 0 radical (unpaired) electrons. The second kappa shape index (κ2) is 6.12. The number of ketones is 1. The van der Waals surface area contributed by atoms with Gasteiger partial charge in [-0.1, -0.05) is 40.6 Å². The summed E-state index contributed by atoms with van der Waals surface area (Å²) in [6.07, 6.45) is 6.86. The van der Waals surface area contributed by atoms with Gasteiger partial charge in [0.25, 0.3) is 0 Å². The maximum atomic E-state index is 11.9. The average molecular weight is 294 g/mol. The van der Waals surface area contributed by atoms with Crippen molar-refractivity contribution in [3.05, 3.63) is 40.4 Å². The van der Waals surface area contributed by atoms with Crippen LogP contribution in [0, 0.1) is 0 Å². The van der Waals surface area contributed by atoms with E-state index in [0.29, 0.717) is 0 Å². The summed E-state index contributed by atoms with van der Waals surface area (Å²) in [5.74, 6) is 0.188. The van der Waals surface area contributed by atoms with Gasteiger partial charge >= 0.3 is 0 Å². The highest BCUT2D eigenvalue weighted by molar-refractivity contribution is 9.10. The zero-order chi connectivity index (χ0) is 12.1. The SMILES string of the molecule is O=C(/C=C/c1ccc(Br)cc1)C1CCCCN1. The molecular formula is C14H16BrNO. The fourth-order valence-electron chi connectivity index (χ4n) is 1.96. The van der Waals surface area contributed by atoms with Crippen LogP contribution in [0.5, 0.6) is 0 Å². The Morgan fingerprint density at radius 3 is 2.71 bits per heavy atom. The molecule has 0 aliphatic carbocycles. The Kier molecular flexibility index (Phi) is 4.51. The van der Waals surface area contributed by atoms with E-state index in [0.717, 1.165) is 29.4 Å². The van der Waals surface area contributed by atoms with Crippen LogP contribution < -0.4 is 5.32 Å². The Morgan fingerprint density at radius 1 is 1.29 bits per heavy atom. The average Bonchev–Trinajstić information content (AvgIpc) is 2.39. The molecule has 17 heavy (non-hydrogen) atoms. The molecule has 1 aliphatic heterocycles. The highest BCUT2D eigenvalue weighted by atomic mass is 79.9. The van der Waals surface area contributed by atoms with E-state index < -0.39 is 0 Å². The van der Waals surface area contributed by atoms with E-state index >= 15 is 0 Å². The first-order valence-electron chi connectivity index (χ1n) is 5.96. The van der Waals surface area contributed by atoms with Crippen LogP contribution >= 0.6 is 15.9 Å². The third-order valence-corrected chi connectivity index (χ3v) is 3.49. The van der Waals surface area contributed by atoms with Crippen molar-refractivity contribution in [2.24, 2.45) is 0 Å². The molecule has 0 aromatic heterocycles. The lowest BCUT2D eigenvalue weighted by molar-refractivity contribution is -0.116. The molecule has 1 N–H and O–H groups in total. The Bertz CT molecular complexity index is 405. The van der Waals surface area contributed by atoms with Gasteiger partial charge in [0.2, 0.25) is 0 Å². The predicted octanol–water partition coefficient (Wildman–Crippen LogP) is 3.17. The van der Waals surface area contributed by atoms with E-state index in [1.807, 2.05) is 30.3 Å². The second-order valence-corrected chi connectivity index (χ2v) is 5.21. The summed E-state index contributed by atoms with van der Waals surface area (Å²) in [4.78, 5) is 11.9. The van der Waals surface area contributed by atoms with Gasteiger partial charge in [0.1, 0.15) is 0 Å². The van der Waals surface area contributed by atoms with Crippen molar-refractivity contribution < 1.29 is 4.79 Å². The van der Waals surface area contributed by atoms with E-state index in [4.69, 9.17) is 0 Å². The molecule has 1 atom stereocenters. The molecule has 1 fully saturated rings. The van der Waals surface area contributed by atoms with Crippen LogP contribution in [0.25, 0.3) is 6.08 Å². The van der Waals surface area contributed by atoms with Crippen LogP contribution in [0.4, 0.5) is 0 Å². The molecule has 1 aliphatic rings. The van der Waals surface area contributed by atoms with E-state index in [-0.39, 0.29) is 11.8 Å². The largest absolute Gasteiger partial charge is 0.307 e. The Labute approximate surface area is 110 Å². The molecule has 0 bridgehead atoms. The summed E-state index contributed by atoms with van der Waals surface area (Å²) in [7, 11) is 0. The van der Waals surface area contributed by atoms with E-state index in [1.165, 1.54) is 6.42 Å². The summed E-state index contributed by atoms with van der Waals surface area (Å²) in [6.45, 7) is 0.961. The van der Waals surface area contributed by atoms with E-state index in [2.05, 4.69) is 21.2 Å². The molecule has 2 nitrogen and oxygen atoms in total. The standard InChI is InChI=1S/C14H16BrNO/c15-12-7-4-11(5-8-12)6-9-14(17)13-3-1-2-10-16-13/h4-9,13,16H,1-3,10H2/b9-6+. The third kappa shape index (κ3) is 3.79. The first kappa shape index (κ1) is 12.5. The van der Waals surface area contributed by atoms with Gasteiger partial charge in [-0.05, 0) is 43.2 Å². The minimum Gasteiger partial charge on any atom is -0.307 e. The molecule has 1 unspecified atom stereocenters. The minimum absolute atomic E-state index is 0.0236. The third-order valence-electron chi connectivity index (χ3n) is 2.96. The summed E-state index contributed by atoms with van der Waals surface area (Å²) in [5.41, 5.74) is 1.05. The topological polar surface area (TPSA) is 29.1 Å². The molecular weight excluding hydrogens is 278 g/mol. The van der Waals surface area contributed by atoms with Crippen molar-refractivity contribution in [1.29, 1.82) is 0 Å². The number of carbonyl (C=O) groups is 1. The number of nitrogens with one attached hydrogen (secondary N) is 1. The number of benzene rings is 1. The lowest BCUT2D eigenvalue weighted by Gasteiger charge is -2.20. The number of carbonyl (C=O) groups excluding carboxylic acids is 1. The zero-order valence-electron chi connectivity index (χ0n) is 9.66. The summed E-state index contributed by atoms with van der Waals surface area (Å²) >= 11 is 3.39. The molecule has 0 amide bonds. The Morgan fingerprint density at radius 2 is 2.06 bits per heavy atom. The Balaban J connectivity index is 1.95. The fraction of sp³-hybridized carbons (Fsp3) is 0.357. The molecule has 90 valence electrons. The van der Waals surface area contributed by atoms with E-state index in [1.54, 1.807) is 6.08 Å². The van der Waals surface area contributed by atoms with Gasteiger partial charge < -0.3 is 5.32 Å². The lowest BCUT2D eigenvalue weighted by atomic mass is 10.0. The van der Waals surface area contributed by atoms with Crippen molar-refractivity contribution in [2.75, 3.05) is 6.54 Å². The van der Waals surface area contributed by atoms with Crippen molar-refractivity contribution in [1.82, 2.24) is 5.32 Å². The van der Waals surface area contributed by atoms with Gasteiger partial charge in [-0.25, -0.2) is 0 Å². The van der Waals surface area contributed by atoms with Crippen LogP contribution in [-0.2, 0) is 4.79 Å². The van der Waals surface area contributed by atoms with Crippen molar-refractivity contribution in [2.45, 2.75) is 25.3 Å². The normalized spacial score (nSPS) is 20.6. The molecule has 0 spiro atoms. The van der Waals surface area contributed by atoms with Crippen LogP contribution in [0.3, 0.4) is 0 Å². The summed E-state index contributed by atoms with van der Waals surface area (Å²) in [5, 5.41) is 3.26. The number of piperidine rings is 1. The first-order chi connectivity index (χ1) is 8.25. The fourth-order valence-corrected chi connectivity index (χ4v) is 2.23. The molecule has 3 heteroatoms. The maximum Gasteiger partial charge on any atom is 0.172 e. The maximum absolute atomic E-state index is 11.9. The van der Waals surface area contributed by atoms with Gasteiger partial charge in [0.15, 0.2) is 5.78 Å². The molecule has 1 aromatic rings. The van der Waals surface area contributed by atoms with Gasteiger partial charge in [0.05, 0.1) is 6.04 Å². The molecule has 0 saturated carbocycles. The zero-order valence-corrected chi connectivity index (χ0v) is 11.2. The number of hydrogen-bond acceptors (Lipinski definition) is 2. The van der Waals surface area contributed by atoms with Crippen LogP contribution in [0.1, 0.15) is 24.8 Å². The molecule has 1 saturated heterocycles. The van der Waals surface area contributed by atoms with Crippen molar-refractivity contribution in [3.63, 3.8) is 0 Å². The highest BCUT2D eigenvalue weighted by Gasteiger charge is 2.17. The minimum atomic E-state index is 0.0236. The number of halogens is 1. The van der Waals surface area contributed by atoms with Crippen LogP contribution in [0.2, 0.25) is 0 Å². The monoisotopic (exact) mass is 293 g/mol. The van der Waals surface area contributed by atoms with Crippen molar-refractivity contribution in [3.8, 4) is 0 Å². The number of hydrogen-bond donors (Lipinski definition) is 1. The molecule has 2 rings (SSSR count). The first-order valence-corrected chi connectivity index (χ1v) is 6.76. The molecule has 1 aromatic carbocycles. The van der Waals surface area contributed by atoms with Crippen LogP contribution in [-0.4, -0.2) is 18.4 Å². The summed E-state index contributed by atoms with van der Waals surface area (Å²) in [6, 6.07) is 7.95. The smallest absolute Gasteiger partial charge is 0.172 e. The predicted molar refractivity (Wildman–Crippen MR) is 73.8 cm³/mol. The number of rotatable bonds is 3. The van der Waals surface area contributed by atoms with Gasteiger partial charge in [0, 0.05) is 4.47 Å². The van der Waals surface area contributed by atoms with E-state index in [9.17, 15) is 4.79 Å². The van der Waals surface area contributed by atoms with Crippen LogP contribution in [0.15, 0.2) is 34.8 Å². The summed E-state index contributed by atoms with van der Waals surface area (Å²) < 4.78 is 1.05. The second-order valence-electron chi connectivity index (χ2n) is 4.29. The van der Waals surface area contributed by atoms with Gasteiger partial charge in [-0.2, -0.15) is 0 Å². The quantitative estimate of drug-likeness (QED) is 0.868. The Hall–Kier alpha value is -0.930. The lowest BCUT2D eigenvalue weighted by Crippen LogP contribution is -2.39. The van der Waals surface area contributed by atoms with Gasteiger partial charge in [-0.15, -0.1) is 0 Å². The molecule has 1 heterocycles. The van der Waals surface area contributed by atoms with Gasteiger partial charge in [-0.3, -0.25) is 4.79 Å². The highest BCUT2D eigenvalue weighted by Crippen LogP contribution is 2.12. The van der Waals surface area contributed by atoms with Crippen molar-refractivity contribution >= 4 is 27.8 Å².